The summed E-state index contributed by atoms with van der Waals surface area (Å²) < 4.78 is 0. The molecule has 1 amide bonds. The zero-order valence-corrected chi connectivity index (χ0v) is 14.4. The third-order valence-corrected chi connectivity index (χ3v) is 4.84. The molecule has 1 atom stereocenters. The van der Waals surface area contributed by atoms with E-state index in [4.69, 9.17) is 11.6 Å². The van der Waals surface area contributed by atoms with Crippen molar-refractivity contribution in [1.82, 2.24) is 10.2 Å². The van der Waals surface area contributed by atoms with Crippen LogP contribution in [0.25, 0.3) is 0 Å². The number of carbonyl (C=O) groups is 1. The first kappa shape index (κ1) is 17.3. The first-order valence-electron chi connectivity index (χ1n) is 7.01. The van der Waals surface area contributed by atoms with E-state index in [-0.39, 0.29) is 24.4 Å². The largest absolute Gasteiger partial charge is 0.333 e. The minimum atomic E-state index is 0. The number of nitrogens with zero attached hydrogens (tertiary/aromatic N) is 1. The highest BCUT2D eigenvalue weighted by atomic mass is 35.5. The van der Waals surface area contributed by atoms with Crippen LogP contribution in [0, 0.1) is 0 Å². The van der Waals surface area contributed by atoms with Crippen LogP contribution in [0.15, 0.2) is 41.1 Å². The maximum Gasteiger partial charge on any atom is 0.227 e. The average molecular weight is 357 g/mol. The molecular weight excluding hydrogens is 339 g/mol. The van der Waals surface area contributed by atoms with Crippen LogP contribution in [0.2, 0.25) is 5.02 Å². The lowest BCUT2D eigenvalue weighted by atomic mass is 10.0. The fourth-order valence-corrected chi connectivity index (χ4v) is 3.63. The van der Waals surface area contributed by atoms with Crippen molar-refractivity contribution in [2.75, 3.05) is 19.6 Å². The van der Waals surface area contributed by atoms with Gasteiger partial charge < -0.3 is 10.2 Å². The highest BCUT2D eigenvalue weighted by Crippen LogP contribution is 2.29. The Morgan fingerprint density at radius 2 is 2.18 bits per heavy atom. The lowest BCUT2D eigenvalue weighted by Gasteiger charge is -2.37. The predicted octanol–water partition coefficient (Wildman–Crippen LogP) is 3.54. The number of hydrogen-bond donors (Lipinski definition) is 1. The highest BCUT2D eigenvalue weighted by molar-refractivity contribution is 7.08. The molecule has 1 fully saturated rings. The number of nitrogens with one attached hydrogen (secondary N) is 1. The van der Waals surface area contributed by atoms with E-state index in [0.717, 1.165) is 35.8 Å². The zero-order chi connectivity index (χ0) is 14.7. The molecule has 2 heterocycles. The van der Waals surface area contributed by atoms with E-state index in [1.165, 1.54) is 0 Å². The summed E-state index contributed by atoms with van der Waals surface area (Å²) in [6.45, 7) is 2.30. The van der Waals surface area contributed by atoms with Crippen molar-refractivity contribution in [1.29, 1.82) is 0 Å². The quantitative estimate of drug-likeness (QED) is 0.911. The number of thiophene rings is 1. The molecule has 1 saturated heterocycles. The molecule has 118 valence electrons. The molecule has 3 rings (SSSR count). The molecule has 0 bridgehead atoms. The van der Waals surface area contributed by atoms with Gasteiger partial charge in [0.05, 0.1) is 12.5 Å². The van der Waals surface area contributed by atoms with Crippen LogP contribution in [0.3, 0.4) is 0 Å². The van der Waals surface area contributed by atoms with E-state index in [0.29, 0.717) is 6.42 Å². The van der Waals surface area contributed by atoms with E-state index in [2.05, 4.69) is 5.32 Å². The fourth-order valence-electron chi connectivity index (χ4n) is 2.70. The van der Waals surface area contributed by atoms with Gasteiger partial charge in [-0.1, -0.05) is 29.8 Å². The molecule has 1 unspecified atom stereocenters. The Kier molecular flexibility index (Phi) is 6.26. The van der Waals surface area contributed by atoms with Crippen LogP contribution in [-0.2, 0) is 11.2 Å². The van der Waals surface area contributed by atoms with Crippen LogP contribution in [-0.4, -0.2) is 30.4 Å². The average Bonchev–Trinajstić information content (AvgIpc) is 3.01. The third kappa shape index (κ3) is 3.82. The SMILES string of the molecule is Cl.O=C(Cc1ccsc1)N1CCNCC1c1ccccc1Cl. The molecule has 1 aliphatic heterocycles. The van der Waals surface area contributed by atoms with Gasteiger partial charge in [-0.05, 0) is 34.0 Å². The molecule has 2 aromatic rings. The molecule has 0 radical (unpaired) electrons. The minimum Gasteiger partial charge on any atom is -0.333 e. The Labute approximate surface area is 145 Å². The van der Waals surface area contributed by atoms with Gasteiger partial charge in [0, 0.05) is 24.7 Å². The van der Waals surface area contributed by atoms with Gasteiger partial charge in [-0.2, -0.15) is 11.3 Å². The van der Waals surface area contributed by atoms with Crippen molar-refractivity contribution in [3.05, 3.63) is 57.2 Å². The Balaban J connectivity index is 0.00000176. The highest BCUT2D eigenvalue weighted by Gasteiger charge is 2.28. The fraction of sp³-hybridized carbons (Fsp3) is 0.312. The summed E-state index contributed by atoms with van der Waals surface area (Å²) in [6.07, 6.45) is 0.463. The predicted molar refractivity (Wildman–Crippen MR) is 94.0 cm³/mol. The van der Waals surface area contributed by atoms with Gasteiger partial charge in [0.2, 0.25) is 5.91 Å². The maximum atomic E-state index is 12.6. The first-order chi connectivity index (χ1) is 10.3. The van der Waals surface area contributed by atoms with Gasteiger partial charge in [-0.3, -0.25) is 4.79 Å². The summed E-state index contributed by atoms with van der Waals surface area (Å²) >= 11 is 7.93. The monoisotopic (exact) mass is 356 g/mol. The van der Waals surface area contributed by atoms with Gasteiger partial charge in [0.1, 0.15) is 0 Å². The molecule has 1 aliphatic rings. The van der Waals surface area contributed by atoms with E-state index < -0.39 is 0 Å². The zero-order valence-electron chi connectivity index (χ0n) is 12.0. The molecule has 6 heteroatoms. The smallest absolute Gasteiger partial charge is 0.227 e. The number of amides is 1. The van der Waals surface area contributed by atoms with Crippen LogP contribution < -0.4 is 5.32 Å². The molecule has 0 saturated carbocycles. The van der Waals surface area contributed by atoms with Crippen molar-refractivity contribution in [3.8, 4) is 0 Å². The lowest BCUT2D eigenvalue weighted by molar-refractivity contribution is -0.133. The summed E-state index contributed by atoms with van der Waals surface area (Å²) in [5.74, 6) is 0.166. The second-order valence-electron chi connectivity index (χ2n) is 5.14. The molecule has 1 aromatic heterocycles. The van der Waals surface area contributed by atoms with E-state index in [9.17, 15) is 4.79 Å². The summed E-state index contributed by atoms with van der Waals surface area (Å²) in [6, 6.07) is 9.79. The number of benzene rings is 1. The summed E-state index contributed by atoms with van der Waals surface area (Å²) in [4.78, 5) is 14.6. The summed E-state index contributed by atoms with van der Waals surface area (Å²) in [7, 11) is 0. The van der Waals surface area contributed by atoms with Crippen molar-refractivity contribution >= 4 is 41.3 Å². The second kappa shape index (κ2) is 7.97. The van der Waals surface area contributed by atoms with Crippen molar-refractivity contribution in [2.24, 2.45) is 0 Å². The van der Waals surface area contributed by atoms with Crippen molar-refractivity contribution in [3.63, 3.8) is 0 Å². The molecular formula is C16H18Cl2N2OS. The first-order valence-corrected chi connectivity index (χ1v) is 8.33. The minimum absolute atomic E-state index is 0. The van der Waals surface area contributed by atoms with Crippen LogP contribution in [0.5, 0.6) is 0 Å². The molecule has 0 aliphatic carbocycles. The maximum absolute atomic E-state index is 12.6. The Morgan fingerprint density at radius 3 is 2.91 bits per heavy atom. The Morgan fingerprint density at radius 1 is 1.36 bits per heavy atom. The van der Waals surface area contributed by atoms with E-state index >= 15 is 0 Å². The second-order valence-corrected chi connectivity index (χ2v) is 6.32. The number of hydrogen-bond acceptors (Lipinski definition) is 3. The van der Waals surface area contributed by atoms with Crippen molar-refractivity contribution in [2.45, 2.75) is 12.5 Å². The normalized spacial score (nSPS) is 17.9. The van der Waals surface area contributed by atoms with E-state index in [1.54, 1.807) is 11.3 Å². The number of halogens is 2. The topological polar surface area (TPSA) is 32.3 Å². The number of piperazine rings is 1. The van der Waals surface area contributed by atoms with Gasteiger partial charge >= 0.3 is 0 Å². The third-order valence-electron chi connectivity index (χ3n) is 3.76. The van der Waals surface area contributed by atoms with Gasteiger partial charge in [0.25, 0.3) is 0 Å². The van der Waals surface area contributed by atoms with Crippen LogP contribution in [0.4, 0.5) is 0 Å². The standard InChI is InChI=1S/C16H17ClN2OS.ClH/c17-14-4-2-1-3-13(14)15-10-18-6-7-19(15)16(20)9-12-5-8-21-11-12;/h1-5,8,11,15,18H,6-7,9-10H2;1H. The van der Waals surface area contributed by atoms with Gasteiger partial charge in [-0.25, -0.2) is 0 Å². The van der Waals surface area contributed by atoms with Gasteiger partial charge in [-0.15, -0.1) is 12.4 Å². The molecule has 0 spiro atoms. The molecule has 3 nitrogen and oxygen atoms in total. The molecule has 1 aromatic carbocycles. The van der Waals surface area contributed by atoms with Crippen LogP contribution >= 0.6 is 35.3 Å². The van der Waals surface area contributed by atoms with Crippen LogP contribution in [0.1, 0.15) is 17.2 Å². The van der Waals surface area contributed by atoms with E-state index in [1.807, 2.05) is 46.0 Å². The summed E-state index contributed by atoms with van der Waals surface area (Å²) in [5, 5.41) is 8.11. The Hall–Kier alpha value is -1.07. The molecule has 22 heavy (non-hydrogen) atoms. The number of rotatable bonds is 3. The summed E-state index contributed by atoms with van der Waals surface area (Å²) in [5.41, 5.74) is 2.10. The number of carbonyl (C=O) groups excluding carboxylic acids is 1. The van der Waals surface area contributed by atoms with Crippen molar-refractivity contribution < 1.29 is 4.79 Å². The lowest BCUT2D eigenvalue weighted by Crippen LogP contribution is -2.49. The Bertz CT molecular complexity index is 618. The van der Waals surface area contributed by atoms with Gasteiger partial charge in [0.15, 0.2) is 0 Å². The molecule has 1 N–H and O–H groups in total.